The van der Waals surface area contributed by atoms with E-state index in [1.54, 1.807) is 6.08 Å². The lowest BCUT2D eigenvalue weighted by Gasteiger charge is -2.29. The lowest BCUT2D eigenvalue weighted by molar-refractivity contribution is -0.870. The molecule has 0 aliphatic rings. The second-order valence-electron chi connectivity index (χ2n) is 17.8. The average molecular weight is 839 g/mol. The van der Waals surface area contributed by atoms with E-state index in [0.717, 1.165) is 44.9 Å². The van der Waals surface area contributed by atoms with Gasteiger partial charge < -0.3 is 28.8 Å². The van der Waals surface area contributed by atoms with Crippen LogP contribution in [0.1, 0.15) is 219 Å². The minimum atomic E-state index is -4.59. The zero-order chi connectivity index (χ0) is 42.8. The molecule has 0 aromatic carbocycles. The number of likely N-dealkylation sites (N-methyl/N-ethyl adjacent to an activating group) is 1. The Bertz CT molecular complexity index is 1040. The number of aliphatic hydroxyl groups excluding tert-OH is 1. The van der Waals surface area contributed by atoms with Crippen LogP contribution in [0.4, 0.5) is 0 Å². The van der Waals surface area contributed by atoms with Crippen molar-refractivity contribution in [1.82, 2.24) is 5.32 Å². The molecule has 0 aromatic heterocycles. The van der Waals surface area contributed by atoms with Crippen LogP contribution in [0.5, 0.6) is 0 Å². The van der Waals surface area contributed by atoms with E-state index in [2.05, 4.69) is 43.5 Å². The van der Waals surface area contributed by atoms with E-state index in [1.165, 1.54) is 154 Å². The number of nitrogens with zero attached hydrogens (tertiary/aromatic N) is 1. The topological polar surface area (TPSA) is 108 Å². The van der Waals surface area contributed by atoms with Crippen molar-refractivity contribution in [3.05, 3.63) is 36.5 Å². The highest BCUT2D eigenvalue weighted by atomic mass is 31.2. The molecule has 0 aromatic rings. The van der Waals surface area contributed by atoms with Crippen molar-refractivity contribution in [3.63, 3.8) is 0 Å². The van der Waals surface area contributed by atoms with Crippen molar-refractivity contribution in [1.29, 1.82) is 0 Å². The van der Waals surface area contributed by atoms with Gasteiger partial charge in [0.05, 0.1) is 39.9 Å². The number of carbonyl (C=O) groups is 1. The van der Waals surface area contributed by atoms with Gasteiger partial charge in [0, 0.05) is 6.42 Å². The molecule has 9 heteroatoms. The Kier molecular flexibility index (Phi) is 40.2. The minimum absolute atomic E-state index is 0.00186. The predicted molar refractivity (Wildman–Crippen MR) is 247 cm³/mol. The molecule has 8 nitrogen and oxygen atoms in total. The molecule has 0 rings (SSSR count). The lowest BCUT2D eigenvalue weighted by atomic mass is 10.0. The van der Waals surface area contributed by atoms with Gasteiger partial charge in [-0.15, -0.1) is 0 Å². The van der Waals surface area contributed by atoms with Crippen LogP contribution >= 0.6 is 7.82 Å². The molecule has 0 saturated carbocycles. The first-order valence-electron chi connectivity index (χ1n) is 24.4. The van der Waals surface area contributed by atoms with Crippen LogP contribution in [0.3, 0.4) is 0 Å². The van der Waals surface area contributed by atoms with Gasteiger partial charge in [-0.2, -0.15) is 0 Å². The Morgan fingerprint density at radius 2 is 1.00 bits per heavy atom. The highest BCUT2D eigenvalue weighted by Crippen LogP contribution is 2.38. The number of hydrogen-bond donors (Lipinski definition) is 2. The van der Waals surface area contributed by atoms with E-state index < -0.39 is 20.0 Å². The van der Waals surface area contributed by atoms with Crippen LogP contribution in [-0.2, 0) is 18.4 Å². The number of aliphatic hydroxyl groups is 1. The quantitative estimate of drug-likeness (QED) is 0.0274. The molecule has 58 heavy (non-hydrogen) atoms. The van der Waals surface area contributed by atoms with Crippen molar-refractivity contribution in [2.24, 2.45) is 0 Å². The minimum Gasteiger partial charge on any atom is -0.756 e. The standard InChI is InChI=1S/C49H95N2O6P/c1-6-8-10-12-14-16-18-20-22-23-24-25-26-27-29-31-33-35-37-39-41-43-49(53)50-47(46-57-58(54,55)56-45-44-51(3,4)5)48(52)42-40-38-36-34-32-30-28-21-19-17-15-13-11-9-7-2/h18,20,23-24,40,42,47-48,52H,6-17,19,21-22,25-39,41,43-46H2,1-5H3,(H-,50,53,54,55)/b20-18-,24-23-,42-40+. The van der Waals surface area contributed by atoms with Gasteiger partial charge in [0.2, 0.25) is 5.91 Å². The second kappa shape index (κ2) is 41.1. The molecule has 3 atom stereocenters. The summed E-state index contributed by atoms with van der Waals surface area (Å²) in [5.74, 6) is -0.202. The van der Waals surface area contributed by atoms with Crippen LogP contribution < -0.4 is 10.2 Å². The van der Waals surface area contributed by atoms with Crippen LogP contribution in [0.2, 0.25) is 0 Å². The fourth-order valence-electron chi connectivity index (χ4n) is 6.95. The van der Waals surface area contributed by atoms with Crippen LogP contribution in [0.25, 0.3) is 0 Å². The number of carbonyl (C=O) groups excluding carboxylic acids is 1. The maximum atomic E-state index is 12.9. The first-order valence-corrected chi connectivity index (χ1v) is 25.8. The van der Waals surface area contributed by atoms with E-state index in [9.17, 15) is 19.4 Å². The van der Waals surface area contributed by atoms with Gasteiger partial charge in [-0.1, -0.05) is 198 Å². The van der Waals surface area contributed by atoms with Gasteiger partial charge in [-0.25, -0.2) is 0 Å². The number of hydrogen-bond acceptors (Lipinski definition) is 6. The first kappa shape index (κ1) is 56.7. The van der Waals surface area contributed by atoms with E-state index in [0.29, 0.717) is 17.4 Å². The molecule has 0 aliphatic carbocycles. The van der Waals surface area contributed by atoms with E-state index in [-0.39, 0.29) is 19.1 Å². The first-order chi connectivity index (χ1) is 28.0. The highest BCUT2D eigenvalue weighted by molar-refractivity contribution is 7.45. The third-order valence-electron chi connectivity index (χ3n) is 10.8. The summed E-state index contributed by atoms with van der Waals surface area (Å²) in [6.45, 7) is 4.64. The lowest BCUT2D eigenvalue weighted by Crippen LogP contribution is -2.45. The largest absolute Gasteiger partial charge is 0.756 e. The SMILES string of the molecule is CCCCCCC/C=C\C/C=C\CCCCCCCCCCCC(=O)NC(COP(=O)([O-])OCC[N+](C)(C)C)C(O)/C=C/CCCCCCCCCCCCCCC. The van der Waals surface area contributed by atoms with Crippen molar-refractivity contribution in [3.8, 4) is 0 Å². The molecule has 0 aliphatic heterocycles. The Hall–Kier alpha value is -1.28. The number of phosphoric acid groups is 1. The molecule has 1 amide bonds. The molecular formula is C49H95N2O6P. The molecule has 0 bridgehead atoms. The monoisotopic (exact) mass is 839 g/mol. The summed E-state index contributed by atoms with van der Waals surface area (Å²) in [5, 5.41) is 13.8. The Balaban J connectivity index is 4.34. The summed E-state index contributed by atoms with van der Waals surface area (Å²) in [7, 11) is 1.26. The maximum Gasteiger partial charge on any atom is 0.268 e. The zero-order valence-corrected chi connectivity index (χ0v) is 39.6. The number of amides is 1. The van der Waals surface area contributed by atoms with Crippen molar-refractivity contribution in [2.75, 3.05) is 40.9 Å². The smallest absolute Gasteiger partial charge is 0.268 e. The fraction of sp³-hybridized carbons (Fsp3) is 0.857. The van der Waals surface area contributed by atoms with Gasteiger partial charge in [-0.3, -0.25) is 9.36 Å². The zero-order valence-electron chi connectivity index (χ0n) is 38.8. The Morgan fingerprint density at radius 1 is 0.603 bits per heavy atom. The van der Waals surface area contributed by atoms with Crippen LogP contribution in [0.15, 0.2) is 36.5 Å². The number of nitrogens with one attached hydrogen (secondary N) is 1. The summed E-state index contributed by atoms with van der Waals surface area (Å²) >= 11 is 0. The summed E-state index contributed by atoms with van der Waals surface area (Å²) in [6, 6.07) is -0.887. The van der Waals surface area contributed by atoms with Gasteiger partial charge >= 0.3 is 0 Å². The molecule has 3 unspecified atom stereocenters. The summed E-state index contributed by atoms with van der Waals surface area (Å²) in [6.07, 6.45) is 50.4. The van der Waals surface area contributed by atoms with Gasteiger partial charge in [0.15, 0.2) is 0 Å². The average Bonchev–Trinajstić information content (AvgIpc) is 3.17. The third-order valence-corrected chi connectivity index (χ3v) is 11.8. The predicted octanol–water partition coefficient (Wildman–Crippen LogP) is 13.2. The number of rotatable bonds is 44. The number of phosphoric ester groups is 1. The molecule has 0 heterocycles. The summed E-state index contributed by atoms with van der Waals surface area (Å²) in [5.41, 5.74) is 0. The Morgan fingerprint density at radius 3 is 1.43 bits per heavy atom. The molecule has 0 radical (unpaired) electrons. The van der Waals surface area contributed by atoms with Crippen LogP contribution in [-0.4, -0.2) is 68.5 Å². The van der Waals surface area contributed by atoms with Gasteiger partial charge in [-0.05, 0) is 51.4 Å². The van der Waals surface area contributed by atoms with E-state index in [4.69, 9.17) is 9.05 Å². The highest BCUT2D eigenvalue weighted by Gasteiger charge is 2.23. The van der Waals surface area contributed by atoms with E-state index in [1.807, 2.05) is 27.2 Å². The van der Waals surface area contributed by atoms with Gasteiger partial charge in [0.1, 0.15) is 13.2 Å². The molecule has 0 saturated heterocycles. The fourth-order valence-corrected chi connectivity index (χ4v) is 7.67. The summed E-state index contributed by atoms with van der Waals surface area (Å²) in [4.78, 5) is 25.4. The van der Waals surface area contributed by atoms with Crippen LogP contribution in [0, 0.1) is 0 Å². The van der Waals surface area contributed by atoms with Crippen molar-refractivity contribution < 1.29 is 32.9 Å². The number of quaternary nitrogens is 1. The molecule has 2 N–H and O–H groups in total. The normalized spacial score (nSPS) is 14.5. The van der Waals surface area contributed by atoms with Crippen molar-refractivity contribution >= 4 is 13.7 Å². The second-order valence-corrected chi connectivity index (χ2v) is 19.2. The number of allylic oxidation sites excluding steroid dienone is 5. The summed E-state index contributed by atoms with van der Waals surface area (Å²) < 4.78 is 23.2. The molecular weight excluding hydrogens is 744 g/mol. The van der Waals surface area contributed by atoms with Crippen molar-refractivity contribution in [2.45, 2.75) is 231 Å². The van der Waals surface area contributed by atoms with Gasteiger partial charge in [0.25, 0.3) is 7.82 Å². The third kappa shape index (κ3) is 42.8. The molecule has 0 spiro atoms. The molecule has 0 fully saturated rings. The maximum absolute atomic E-state index is 12.9. The molecule has 342 valence electrons. The number of unbranched alkanes of at least 4 members (excludes halogenated alkanes) is 27. The Labute approximate surface area is 359 Å². The van der Waals surface area contributed by atoms with E-state index >= 15 is 0 Å².